The molecule has 2 atom stereocenters. The van der Waals surface area contributed by atoms with E-state index < -0.39 is 6.17 Å². The van der Waals surface area contributed by atoms with Gasteiger partial charge in [-0.2, -0.15) is 0 Å². The number of nitrogens with two attached hydrogens (primary N) is 1. The molecule has 2 amide bonds. The van der Waals surface area contributed by atoms with Crippen LogP contribution in [0, 0.1) is 0 Å². The molecule has 2 aliphatic rings. The predicted octanol–water partition coefficient (Wildman–Crippen LogP) is -1.22. The number of hydrogen-bond donors (Lipinski definition) is 2. The molecule has 2 saturated heterocycles. The van der Waals surface area contributed by atoms with Crippen LogP contribution in [0.2, 0.25) is 0 Å². The SMILES string of the molecule is NC1NC(=O)[C@H]2CCCCN2C1=O. The Morgan fingerprint density at radius 2 is 2.15 bits per heavy atom. The molecule has 5 nitrogen and oxygen atoms in total. The van der Waals surface area contributed by atoms with Gasteiger partial charge in [-0.25, -0.2) is 0 Å². The standard InChI is InChI=1S/C8H13N3O2/c9-6-8(13)11-4-2-1-3-5(11)7(12)10-6/h5-6H,1-4,9H2,(H,10,12)/t5-,6?/m1/s1. The van der Waals surface area contributed by atoms with Crippen LogP contribution >= 0.6 is 0 Å². The Labute approximate surface area is 76.3 Å². The third-order valence-corrected chi connectivity index (χ3v) is 2.65. The molecule has 1 unspecified atom stereocenters. The molecule has 2 aliphatic heterocycles. The number of nitrogens with zero attached hydrogens (tertiary/aromatic N) is 1. The molecule has 0 aromatic carbocycles. The summed E-state index contributed by atoms with van der Waals surface area (Å²) in [5, 5.41) is 2.48. The monoisotopic (exact) mass is 183 g/mol. The summed E-state index contributed by atoms with van der Waals surface area (Å²) in [4.78, 5) is 24.5. The molecule has 2 rings (SSSR count). The van der Waals surface area contributed by atoms with Crippen molar-refractivity contribution in [1.82, 2.24) is 10.2 Å². The van der Waals surface area contributed by atoms with Gasteiger partial charge in [0.15, 0.2) is 6.17 Å². The highest BCUT2D eigenvalue weighted by Gasteiger charge is 2.39. The van der Waals surface area contributed by atoms with Crippen LogP contribution < -0.4 is 11.1 Å². The summed E-state index contributed by atoms with van der Waals surface area (Å²) in [6, 6.07) is -0.263. The van der Waals surface area contributed by atoms with Crippen molar-refractivity contribution in [2.24, 2.45) is 5.73 Å². The summed E-state index contributed by atoms with van der Waals surface area (Å²) in [5.41, 5.74) is 5.45. The third-order valence-electron chi connectivity index (χ3n) is 2.65. The average Bonchev–Trinajstić information content (AvgIpc) is 2.15. The van der Waals surface area contributed by atoms with E-state index in [0.29, 0.717) is 6.54 Å². The number of rotatable bonds is 0. The van der Waals surface area contributed by atoms with Crippen LogP contribution in [-0.4, -0.2) is 35.5 Å². The minimum Gasteiger partial charge on any atom is -0.331 e. The normalized spacial score (nSPS) is 34.1. The number of carbonyl (C=O) groups is 2. The van der Waals surface area contributed by atoms with E-state index in [9.17, 15) is 9.59 Å². The number of piperidine rings is 1. The molecule has 72 valence electrons. The molecule has 2 fully saturated rings. The van der Waals surface area contributed by atoms with E-state index in [1.54, 1.807) is 4.90 Å². The molecule has 0 bridgehead atoms. The van der Waals surface area contributed by atoms with E-state index in [0.717, 1.165) is 19.3 Å². The fourth-order valence-electron chi connectivity index (χ4n) is 1.96. The zero-order valence-corrected chi connectivity index (χ0v) is 7.32. The highest BCUT2D eigenvalue weighted by molar-refractivity contribution is 5.96. The summed E-state index contributed by atoms with van der Waals surface area (Å²) < 4.78 is 0. The fraction of sp³-hybridized carbons (Fsp3) is 0.750. The van der Waals surface area contributed by atoms with Crippen LogP contribution in [0.4, 0.5) is 0 Å². The third kappa shape index (κ3) is 1.29. The lowest BCUT2D eigenvalue weighted by molar-refractivity contribution is -0.150. The van der Waals surface area contributed by atoms with Crippen molar-refractivity contribution in [3.63, 3.8) is 0 Å². The lowest BCUT2D eigenvalue weighted by Crippen LogP contribution is -2.67. The maximum Gasteiger partial charge on any atom is 0.260 e. The van der Waals surface area contributed by atoms with E-state index in [1.807, 2.05) is 0 Å². The van der Waals surface area contributed by atoms with Crippen LogP contribution in [0.5, 0.6) is 0 Å². The van der Waals surface area contributed by atoms with E-state index >= 15 is 0 Å². The first-order valence-electron chi connectivity index (χ1n) is 4.56. The van der Waals surface area contributed by atoms with Crippen molar-refractivity contribution in [3.8, 4) is 0 Å². The van der Waals surface area contributed by atoms with Gasteiger partial charge in [0, 0.05) is 6.54 Å². The first-order chi connectivity index (χ1) is 6.20. The topological polar surface area (TPSA) is 75.4 Å². The first kappa shape index (κ1) is 8.50. The van der Waals surface area contributed by atoms with E-state index in [4.69, 9.17) is 5.73 Å². The van der Waals surface area contributed by atoms with E-state index in [1.165, 1.54) is 0 Å². The number of piperazine rings is 1. The highest BCUT2D eigenvalue weighted by Crippen LogP contribution is 2.20. The zero-order valence-electron chi connectivity index (χ0n) is 7.32. The van der Waals surface area contributed by atoms with Gasteiger partial charge in [-0.05, 0) is 19.3 Å². The van der Waals surface area contributed by atoms with Gasteiger partial charge in [0.25, 0.3) is 5.91 Å². The Hall–Kier alpha value is -1.10. The molecule has 3 N–H and O–H groups in total. The largest absolute Gasteiger partial charge is 0.331 e. The molecular weight excluding hydrogens is 170 g/mol. The van der Waals surface area contributed by atoms with Gasteiger partial charge in [-0.3, -0.25) is 9.59 Å². The van der Waals surface area contributed by atoms with Crippen LogP contribution in [-0.2, 0) is 9.59 Å². The molecule has 0 spiro atoms. The Morgan fingerprint density at radius 3 is 2.92 bits per heavy atom. The summed E-state index contributed by atoms with van der Waals surface area (Å²) in [5.74, 6) is -0.254. The highest BCUT2D eigenvalue weighted by atomic mass is 16.2. The lowest BCUT2D eigenvalue weighted by Gasteiger charge is -2.40. The molecule has 0 radical (unpaired) electrons. The van der Waals surface area contributed by atoms with E-state index in [-0.39, 0.29) is 17.9 Å². The van der Waals surface area contributed by atoms with Crippen molar-refractivity contribution in [2.75, 3.05) is 6.54 Å². The molecule has 0 aromatic rings. The Balaban J connectivity index is 2.19. The summed E-state index contributed by atoms with van der Waals surface area (Å²) in [6.07, 6.45) is 1.92. The second-order valence-electron chi connectivity index (χ2n) is 3.53. The molecule has 0 saturated carbocycles. The van der Waals surface area contributed by atoms with Gasteiger partial charge < -0.3 is 16.0 Å². The zero-order chi connectivity index (χ0) is 9.42. The Morgan fingerprint density at radius 1 is 1.38 bits per heavy atom. The molecular formula is C8H13N3O2. The summed E-state index contributed by atoms with van der Waals surface area (Å²) in [7, 11) is 0. The van der Waals surface area contributed by atoms with E-state index in [2.05, 4.69) is 5.32 Å². The van der Waals surface area contributed by atoms with Crippen molar-refractivity contribution in [2.45, 2.75) is 31.5 Å². The maximum absolute atomic E-state index is 11.5. The molecule has 0 aromatic heterocycles. The summed E-state index contributed by atoms with van der Waals surface area (Å²) >= 11 is 0. The lowest BCUT2D eigenvalue weighted by atomic mass is 9.99. The van der Waals surface area contributed by atoms with Crippen molar-refractivity contribution < 1.29 is 9.59 Å². The van der Waals surface area contributed by atoms with Crippen molar-refractivity contribution in [1.29, 1.82) is 0 Å². The van der Waals surface area contributed by atoms with Crippen molar-refractivity contribution in [3.05, 3.63) is 0 Å². The van der Waals surface area contributed by atoms with Crippen LogP contribution in [0.15, 0.2) is 0 Å². The summed E-state index contributed by atoms with van der Waals surface area (Å²) in [6.45, 7) is 0.671. The van der Waals surface area contributed by atoms with Gasteiger partial charge in [-0.1, -0.05) is 0 Å². The number of carbonyl (C=O) groups excluding carboxylic acids is 2. The molecule has 5 heteroatoms. The number of fused-ring (bicyclic) bond motifs is 1. The number of hydrogen-bond acceptors (Lipinski definition) is 3. The number of nitrogens with one attached hydrogen (secondary N) is 1. The minimum atomic E-state index is -0.832. The quantitative estimate of drug-likeness (QED) is 0.494. The smallest absolute Gasteiger partial charge is 0.260 e. The van der Waals surface area contributed by atoms with Gasteiger partial charge >= 0.3 is 0 Å². The Kier molecular flexibility index (Phi) is 1.95. The Bertz CT molecular complexity index is 254. The second-order valence-corrected chi connectivity index (χ2v) is 3.53. The molecule has 2 heterocycles. The first-order valence-corrected chi connectivity index (χ1v) is 4.56. The average molecular weight is 183 g/mol. The molecule has 0 aliphatic carbocycles. The van der Waals surface area contributed by atoms with Crippen LogP contribution in [0.1, 0.15) is 19.3 Å². The molecule has 13 heavy (non-hydrogen) atoms. The second kappa shape index (κ2) is 2.99. The van der Waals surface area contributed by atoms with Crippen molar-refractivity contribution >= 4 is 11.8 Å². The van der Waals surface area contributed by atoms with Gasteiger partial charge in [-0.15, -0.1) is 0 Å². The number of amides is 2. The predicted molar refractivity (Wildman–Crippen MR) is 45.5 cm³/mol. The van der Waals surface area contributed by atoms with Crippen LogP contribution in [0.25, 0.3) is 0 Å². The maximum atomic E-state index is 11.5. The minimum absolute atomic E-state index is 0.105. The van der Waals surface area contributed by atoms with Crippen LogP contribution in [0.3, 0.4) is 0 Å². The fourth-order valence-corrected chi connectivity index (χ4v) is 1.96. The van der Waals surface area contributed by atoms with Gasteiger partial charge in [0.05, 0.1) is 0 Å². The van der Waals surface area contributed by atoms with Gasteiger partial charge in [0.2, 0.25) is 5.91 Å². The van der Waals surface area contributed by atoms with Gasteiger partial charge in [0.1, 0.15) is 6.04 Å².